The van der Waals surface area contributed by atoms with E-state index in [4.69, 9.17) is 9.47 Å². The van der Waals surface area contributed by atoms with Crippen LogP contribution in [-0.4, -0.2) is 112 Å². The van der Waals surface area contributed by atoms with E-state index in [2.05, 4.69) is 31.1 Å². The Morgan fingerprint density at radius 3 is 1.44 bits per heavy atom. The third-order valence-electron chi connectivity index (χ3n) is 5.94. The molecule has 36 heavy (non-hydrogen) atoms. The Morgan fingerprint density at radius 1 is 0.639 bits per heavy atom. The van der Waals surface area contributed by atoms with Gasteiger partial charge in [0.1, 0.15) is 0 Å². The Labute approximate surface area is 211 Å². The van der Waals surface area contributed by atoms with Crippen LogP contribution in [0.5, 0.6) is 0 Å². The van der Waals surface area contributed by atoms with Crippen molar-refractivity contribution >= 4 is 23.6 Å². The summed E-state index contributed by atoms with van der Waals surface area (Å²) in [6, 6.07) is 7.20. The number of morpholine rings is 2. The van der Waals surface area contributed by atoms with Gasteiger partial charge in [0.25, 0.3) is 0 Å². The molecule has 2 heterocycles. The van der Waals surface area contributed by atoms with Crippen molar-refractivity contribution in [3.63, 3.8) is 0 Å². The summed E-state index contributed by atoms with van der Waals surface area (Å²) < 4.78 is 10.6. The summed E-state index contributed by atoms with van der Waals surface area (Å²) in [5, 5.41) is 10.5. The second-order valence-electron chi connectivity index (χ2n) is 8.61. The minimum Gasteiger partial charge on any atom is -0.379 e. The molecule has 12 heteroatoms. The maximum absolute atomic E-state index is 12.1. The summed E-state index contributed by atoms with van der Waals surface area (Å²) in [5.41, 5.74) is 1.54. The fraction of sp³-hybridized carbons (Fsp3) is 0.583. The first-order valence-electron chi connectivity index (χ1n) is 12.3. The van der Waals surface area contributed by atoms with Gasteiger partial charge in [0, 0.05) is 65.4 Å². The monoisotopic (exact) mass is 504 g/mol. The molecule has 1 aromatic carbocycles. The molecule has 0 radical (unpaired) electrons. The van der Waals surface area contributed by atoms with E-state index in [1.165, 1.54) is 0 Å². The van der Waals surface area contributed by atoms with Crippen LogP contribution in [0.4, 0.5) is 0 Å². The van der Waals surface area contributed by atoms with E-state index in [9.17, 15) is 19.2 Å². The Hall–Kier alpha value is -3.06. The van der Waals surface area contributed by atoms with Crippen molar-refractivity contribution in [2.45, 2.75) is 13.1 Å². The highest BCUT2D eigenvalue weighted by Gasteiger charge is 2.16. The predicted molar refractivity (Wildman–Crippen MR) is 131 cm³/mol. The molecule has 12 nitrogen and oxygen atoms in total. The first-order chi connectivity index (χ1) is 17.5. The maximum Gasteiger partial charge on any atom is 0.309 e. The summed E-state index contributed by atoms with van der Waals surface area (Å²) in [6.07, 6.45) is 0. The highest BCUT2D eigenvalue weighted by atomic mass is 16.5. The van der Waals surface area contributed by atoms with Crippen molar-refractivity contribution in [1.29, 1.82) is 0 Å². The second kappa shape index (κ2) is 15.1. The number of carbonyl (C=O) groups is 4. The van der Waals surface area contributed by atoms with Crippen molar-refractivity contribution < 1.29 is 28.7 Å². The summed E-state index contributed by atoms with van der Waals surface area (Å²) >= 11 is 0. The molecule has 3 rings (SSSR count). The van der Waals surface area contributed by atoms with Gasteiger partial charge in [-0.05, 0) is 11.1 Å². The molecular weight excluding hydrogens is 468 g/mol. The van der Waals surface area contributed by atoms with E-state index >= 15 is 0 Å². The van der Waals surface area contributed by atoms with Crippen molar-refractivity contribution in [2.75, 3.05) is 78.8 Å². The molecule has 1 aromatic rings. The summed E-state index contributed by atoms with van der Waals surface area (Å²) in [5.74, 6) is -2.76. The zero-order valence-electron chi connectivity index (χ0n) is 20.6. The summed E-state index contributed by atoms with van der Waals surface area (Å²) in [7, 11) is 0. The molecule has 2 aliphatic heterocycles. The second-order valence-corrected chi connectivity index (χ2v) is 8.61. The van der Waals surface area contributed by atoms with Crippen LogP contribution in [0.3, 0.4) is 0 Å². The Morgan fingerprint density at radius 2 is 1.03 bits per heavy atom. The molecule has 2 aliphatic rings. The number of amides is 4. The molecular formula is C24H36N6O6. The van der Waals surface area contributed by atoms with E-state index in [1.54, 1.807) is 24.3 Å². The molecule has 0 saturated carbocycles. The molecule has 198 valence electrons. The van der Waals surface area contributed by atoms with Crippen LogP contribution in [0, 0.1) is 0 Å². The van der Waals surface area contributed by atoms with Gasteiger partial charge < -0.3 is 30.7 Å². The van der Waals surface area contributed by atoms with Crippen LogP contribution >= 0.6 is 0 Å². The lowest BCUT2D eigenvalue weighted by Gasteiger charge is -2.26. The van der Waals surface area contributed by atoms with Crippen LogP contribution in [0.15, 0.2) is 24.3 Å². The van der Waals surface area contributed by atoms with Gasteiger partial charge in [0.15, 0.2) is 0 Å². The number of hydrogen-bond donors (Lipinski definition) is 4. The normalized spacial score (nSPS) is 16.7. The molecule has 0 aromatic heterocycles. The van der Waals surface area contributed by atoms with Crippen LogP contribution in [-0.2, 0) is 41.7 Å². The van der Waals surface area contributed by atoms with Gasteiger partial charge in [-0.2, -0.15) is 0 Å². The van der Waals surface area contributed by atoms with E-state index in [0.717, 1.165) is 37.3 Å². The molecule has 2 fully saturated rings. The quantitative estimate of drug-likeness (QED) is 0.264. The zero-order chi connectivity index (χ0) is 25.6. The Kier molecular flexibility index (Phi) is 11.6. The predicted octanol–water partition coefficient (Wildman–Crippen LogP) is -2.18. The zero-order valence-corrected chi connectivity index (χ0v) is 20.6. The Balaban J connectivity index is 1.31. The average Bonchev–Trinajstić information content (AvgIpc) is 2.91. The summed E-state index contributed by atoms with van der Waals surface area (Å²) in [6.45, 7) is 8.44. The number of hydrogen-bond acceptors (Lipinski definition) is 8. The lowest BCUT2D eigenvalue weighted by Crippen LogP contribution is -2.45. The first-order valence-corrected chi connectivity index (χ1v) is 12.3. The third-order valence-corrected chi connectivity index (χ3v) is 5.94. The van der Waals surface area contributed by atoms with Gasteiger partial charge in [-0.15, -0.1) is 0 Å². The molecule has 4 N–H and O–H groups in total. The minimum atomic E-state index is -0.704. The van der Waals surface area contributed by atoms with E-state index in [-0.39, 0.29) is 13.1 Å². The molecule has 0 bridgehead atoms. The largest absolute Gasteiger partial charge is 0.379 e. The van der Waals surface area contributed by atoms with Gasteiger partial charge in [0.2, 0.25) is 0 Å². The number of nitrogens with zero attached hydrogens (tertiary/aromatic N) is 2. The van der Waals surface area contributed by atoms with E-state index in [1.807, 2.05) is 0 Å². The Bertz CT molecular complexity index is 818. The van der Waals surface area contributed by atoms with Crippen LogP contribution < -0.4 is 21.3 Å². The molecule has 0 atom stereocenters. The fourth-order valence-corrected chi connectivity index (χ4v) is 3.84. The van der Waals surface area contributed by atoms with Gasteiger partial charge in [-0.25, -0.2) is 0 Å². The molecule has 4 amide bonds. The van der Waals surface area contributed by atoms with E-state index < -0.39 is 23.6 Å². The standard InChI is InChI=1S/C24H36N6O6/c31-21(25-4-6-29-8-12-35-13-9-29)23(33)27-17-19-2-1-3-20(16-19)18-28-24(34)22(32)26-5-7-30-10-14-36-15-11-30/h1-3,16H,4-15,17-18H2,(H,25,31)(H,26,32)(H,27,33)(H,28,34). The third kappa shape index (κ3) is 9.90. The molecule has 0 spiro atoms. The van der Waals surface area contributed by atoms with Crippen LogP contribution in [0.25, 0.3) is 0 Å². The number of rotatable bonds is 10. The van der Waals surface area contributed by atoms with Crippen LogP contribution in [0.1, 0.15) is 11.1 Å². The number of benzene rings is 1. The van der Waals surface area contributed by atoms with Crippen LogP contribution in [0.2, 0.25) is 0 Å². The number of carbonyl (C=O) groups excluding carboxylic acids is 4. The van der Waals surface area contributed by atoms with Gasteiger partial charge >= 0.3 is 23.6 Å². The minimum absolute atomic E-state index is 0.166. The summed E-state index contributed by atoms with van der Waals surface area (Å²) in [4.78, 5) is 52.6. The average molecular weight is 505 g/mol. The van der Waals surface area contributed by atoms with Crippen molar-refractivity contribution in [3.8, 4) is 0 Å². The van der Waals surface area contributed by atoms with Crippen molar-refractivity contribution in [1.82, 2.24) is 31.1 Å². The highest BCUT2D eigenvalue weighted by molar-refractivity contribution is 6.35. The van der Waals surface area contributed by atoms with Crippen molar-refractivity contribution in [3.05, 3.63) is 35.4 Å². The molecule has 0 unspecified atom stereocenters. The van der Waals surface area contributed by atoms with Gasteiger partial charge in [-0.1, -0.05) is 24.3 Å². The smallest absolute Gasteiger partial charge is 0.309 e. The van der Waals surface area contributed by atoms with E-state index in [0.29, 0.717) is 52.6 Å². The fourth-order valence-electron chi connectivity index (χ4n) is 3.84. The first kappa shape index (κ1) is 27.5. The SMILES string of the molecule is O=C(NCCN1CCOCC1)C(=O)NCc1cccc(CNC(=O)C(=O)NCCN2CCOCC2)c1. The lowest BCUT2D eigenvalue weighted by atomic mass is 10.1. The molecule has 2 saturated heterocycles. The van der Waals surface area contributed by atoms with Gasteiger partial charge in [0.05, 0.1) is 26.4 Å². The van der Waals surface area contributed by atoms with Gasteiger partial charge in [-0.3, -0.25) is 29.0 Å². The number of nitrogens with one attached hydrogen (secondary N) is 4. The topological polar surface area (TPSA) is 141 Å². The van der Waals surface area contributed by atoms with Crippen molar-refractivity contribution in [2.24, 2.45) is 0 Å². The highest BCUT2D eigenvalue weighted by Crippen LogP contribution is 2.05. The molecule has 0 aliphatic carbocycles. The lowest BCUT2D eigenvalue weighted by molar-refractivity contribution is -0.139. The number of ether oxygens (including phenoxy) is 2. The maximum atomic E-state index is 12.1.